The zero-order valence-electron chi connectivity index (χ0n) is 15.9. The number of rotatable bonds is 7. The van der Waals surface area contributed by atoms with Crippen LogP contribution < -0.4 is 10.6 Å². The summed E-state index contributed by atoms with van der Waals surface area (Å²) in [6.45, 7) is 4.69. The number of thioether (sulfide) groups is 1. The summed E-state index contributed by atoms with van der Waals surface area (Å²) in [7, 11) is 4.21. The van der Waals surface area contributed by atoms with Crippen molar-refractivity contribution in [3.8, 4) is 0 Å². The minimum atomic E-state index is 0. The van der Waals surface area contributed by atoms with Crippen LogP contribution in [-0.2, 0) is 13.1 Å². The summed E-state index contributed by atoms with van der Waals surface area (Å²) < 4.78 is 0. The zero-order chi connectivity index (χ0) is 17.4. The van der Waals surface area contributed by atoms with E-state index >= 15 is 0 Å². The minimum Gasteiger partial charge on any atom is -0.357 e. The summed E-state index contributed by atoms with van der Waals surface area (Å²) >= 11 is 1.99. The summed E-state index contributed by atoms with van der Waals surface area (Å²) in [5.74, 6) is 0.948. The van der Waals surface area contributed by atoms with Crippen LogP contribution in [-0.4, -0.2) is 49.0 Å². The third kappa shape index (κ3) is 7.74. The Morgan fingerprint density at radius 1 is 1.24 bits per heavy atom. The fraction of sp³-hybridized carbons (Fsp3) is 0.632. The van der Waals surface area contributed by atoms with Crippen LogP contribution in [0.2, 0.25) is 0 Å². The second-order valence-corrected chi connectivity index (χ2v) is 7.85. The summed E-state index contributed by atoms with van der Waals surface area (Å²) in [4.78, 5) is 7.04. The van der Waals surface area contributed by atoms with Gasteiger partial charge in [-0.2, -0.15) is 11.8 Å². The molecule has 2 N–H and O–H groups in total. The van der Waals surface area contributed by atoms with Gasteiger partial charge in [-0.3, -0.25) is 0 Å². The van der Waals surface area contributed by atoms with Gasteiger partial charge in [-0.25, -0.2) is 4.99 Å². The van der Waals surface area contributed by atoms with E-state index in [4.69, 9.17) is 4.99 Å². The smallest absolute Gasteiger partial charge is 0.191 e. The lowest BCUT2D eigenvalue weighted by Gasteiger charge is -2.18. The Hall–Kier alpha value is -0.470. The first kappa shape index (κ1) is 22.6. The van der Waals surface area contributed by atoms with Gasteiger partial charge in [0.05, 0.1) is 6.54 Å². The van der Waals surface area contributed by atoms with Crippen molar-refractivity contribution in [3.05, 3.63) is 35.4 Å². The predicted octanol–water partition coefficient (Wildman–Crippen LogP) is 3.71. The summed E-state index contributed by atoms with van der Waals surface area (Å²) in [5, 5.41) is 7.82. The summed E-state index contributed by atoms with van der Waals surface area (Å²) in [6, 6.07) is 9.15. The lowest BCUT2D eigenvalue weighted by Crippen LogP contribution is -2.42. The van der Waals surface area contributed by atoms with Crippen molar-refractivity contribution in [3.63, 3.8) is 0 Å². The molecule has 0 aromatic heterocycles. The Morgan fingerprint density at radius 2 is 1.96 bits per heavy atom. The number of guanidine groups is 1. The van der Waals surface area contributed by atoms with Gasteiger partial charge >= 0.3 is 0 Å². The van der Waals surface area contributed by atoms with E-state index in [0.717, 1.165) is 30.8 Å². The molecule has 0 spiro atoms. The van der Waals surface area contributed by atoms with Crippen molar-refractivity contribution in [2.24, 2.45) is 4.99 Å². The zero-order valence-corrected chi connectivity index (χ0v) is 19.1. The highest BCUT2D eigenvalue weighted by Crippen LogP contribution is 2.28. The maximum atomic E-state index is 4.84. The average molecular weight is 476 g/mol. The van der Waals surface area contributed by atoms with Gasteiger partial charge in [0.25, 0.3) is 0 Å². The van der Waals surface area contributed by atoms with Crippen LogP contribution >= 0.6 is 35.7 Å². The van der Waals surface area contributed by atoms with Gasteiger partial charge in [-0.1, -0.05) is 24.3 Å². The highest BCUT2D eigenvalue weighted by molar-refractivity contribution is 14.0. The lowest BCUT2D eigenvalue weighted by atomic mass is 10.1. The molecule has 1 aromatic rings. The molecule has 0 amide bonds. The molecule has 25 heavy (non-hydrogen) atoms. The maximum Gasteiger partial charge on any atom is 0.191 e. The van der Waals surface area contributed by atoms with Crippen molar-refractivity contribution in [2.45, 2.75) is 50.6 Å². The van der Waals surface area contributed by atoms with Gasteiger partial charge in [0, 0.05) is 24.4 Å². The molecular weight excluding hydrogens is 443 g/mol. The van der Waals surface area contributed by atoms with Crippen LogP contribution in [0.4, 0.5) is 0 Å². The lowest BCUT2D eigenvalue weighted by molar-refractivity contribution is 0.401. The number of aliphatic imine (C=N–C) groups is 1. The molecule has 1 saturated carbocycles. The molecule has 2 unspecified atom stereocenters. The third-order valence-corrected chi connectivity index (χ3v) is 5.51. The van der Waals surface area contributed by atoms with Crippen LogP contribution in [0, 0.1) is 0 Å². The van der Waals surface area contributed by atoms with Gasteiger partial charge in [-0.15, -0.1) is 24.0 Å². The van der Waals surface area contributed by atoms with Gasteiger partial charge in [0.2, 0.25) is 0 Å². The highest BCUT2D eigenvalue weighted by Gasteiger charge is 2.24. The molecule has 1 aromatic carbocycles. The molecular formula is C19H33IN4S. The molecule has 2 rings (SSSR count). The van der Waals surface area contributed by atoms with Gasteiger partial charge < -0.3 is 15.5 Å². The minimum absolute atomic E-state index is 0. The SMILES string of the molecule is CCNC(=NCc1ccccc1CN(C)C)NC1CCC(SC)C1.I. The van der Waals surface area contributed by atoms with E-state index in [1.165, 1.54) is 30.4 Å². The average Bonchev–Trinajstić information content (AvgIpc) is 3.01. The molecule has 142 valence electrons. The van der Waals surface area contributed by atoms with E-state index in [1.807, 2.05) is 11.8 Å². The second-order valence-electron chi connectivity index (χ2n) is 6.71. The Balaban J connectivity index is 0.00000312. The fourth-order valence-corrected chi connectivity index (χ4v) is 3.97. The first-order valence-electron chi connectivity index (χ1n) is 8.91. The van der Waals surface area contributed by atoms with Crippen molar-refractivity contribution in [1.82, 2.24) is 15.5 Å². The molecule has 0 aliphatic heterocycles. The highest BCUT2D eigenvalue weighted by atomic mass is 127. The van der Waals surface area contributed by atoms with E-state index in [1.54, 1.807) is 0 Å². The molecule has 0 radical (unpaired) electrons. The number of halogens is 1. The number of nitrogens with one attached hydrogen (secondary N) is 2. The van der Waals surface area contributed by atoms with Crippen molar-refractivity contribution in [2.75, 3.05) is 26.9 Å². The second kappa shape index (κ2) is 12.0. The largest absolute Gasteiger partial charge is 0.357 e. The van der Waals surface area contributed by atoms with Crippen LogP contribution in [0.25, 0.3) is 0 Å². The topological polar surface area (TPSA) is 39.7 Å². The normalized spacial score (nSPS) is 20.4. The van der Waals surface area contributed by atoms with Crippen molar-refractivity contribution in [1.29, 1.82) is 0 Å². The van der Waals surface area contributed by atoms with E-state index in [-0.39, 0.29) is 24.0 Å². The van der Waals surface area contributed by atoms with E-state index in [0.29, 0.717) is 6.04 Å². The van der Waals surface area contributed by atoms with E-state index < -0.39 is 0 Å². The van der Waals surface area contributed by atoms with E-state index in [2.05, 4.69) is 67.1 Å². The number of hydrogen-bond donors (Lipinski definition) is 2. The Labute approximate surface area is 174 Å². The van der Waals surface area contributed by atoms with Crippen molar-refractivity contribution < 1.29 is 0 Å². The Bertz CT molecular complexity index is 536. The quantitative estimate of drug-likeness (QED) is 0.358. The first-order valence-corrected chi connectivity index (χ1v) is 10.2. The fourth-order valence-electron chi connectivity index (χ4n) is 3.17. The molecule has 0 saturated heterocycles. The predicted molar refractivity (Wildman–Crippen MR) is 122 cm³/mol. The monoisotopic (exact) mass is 476 g/mol. The number of nitrogens with zero attached hydrogens (tertiary/aromatic N) is 2. The van der Waals surface area contributed by atoms with Crippen LogP contribution in [0.5, 0.6) is 0 Å². The number of hydrogen-bond acceptors (Lipinski definition) is 3. The van der Waals surface area contributed by atoms with Gasteiger partial charge in [-0.05, 0) is 57.7 Å². The van der Waals surface area contributed by atoms with Gasteiger partial charge in [0.1, 0.15) is 0 Å². The Kier molecular flexibility index (Phi) is 10.8. The molecule has 2 atom stereocenters. The molecule has 1 aliphatic rings. The van der Waals surface area contributed by atoms with Crippen LogP contribution in [0.1, 0.15) is 37.3 Å². The molecule has 0 heterocycles. The van der Waals surface area contributed by atoms with Crippen LogP contribution in [0.3, 0.4) is 0 Å². The van der Waals surface area contributed by atoms with Crippen molar-refractivity contribution >= 4 is 41.7 Å². The Morgan fingerprint density at radius 3 is 2.56 bits per heavy atom. The molecule has 6 heteroatoms. The third-order valence-electron chi connectivity index (χ3n) is 4.42. The summed E-state index contributed by atoms with van der Waals surface area (Å²) in [6.07, 6.45) is 6.01. The van der Waals surface area contributed by atoms with Gasteiger partial charge in [0.15, 0.2) is 5.96 Å². The molecule has 0 bridgehead atoms. The first-order chi connectivity index (χ1) is 11.6. The molecule has 1 fully saturated rings. The molecule has 1 aliphatic carbocycles. The molecule has 4 nitrogen and oxygen atoms in total. The van der Waals surface area contributed by atoms with Crippen LogP contribution in [0.15, 0.2) is 29.3 Å². The summed E-state index contributed by atoms with van der Waals surface area (Å²) in [5.41, 5.74) is 2.65. The van der Waals surface area contributed by atoms with E-state index in [9.17, 15) is 0 Å². The maximum absolute atomic E-state index is 4.84. The standard InChI is InChI=1S/C19H32N4S.HI/c1-5-20-19(22-17-10-11-18(12-17)24-4)21-13-15-8-6-7-9-16(15)14-23(2)3;/h6-9,17-18H,5,10-14H2,1-4H3,(H2,20,21,22);1H. The number of benzene rings is 1.